The summed E-state index contributed by atoms with van der Waals surface area (Å²) in [5, 5.41) is 7.16. The Labute approximate surface area is 160 Å². The molecule has 0 bridgehead atoms. The Kier molecular flexibility index (Phi) is 4.80. The molecule has 2 aromatic carbocycles. The Morgan fingerprint density at radius 2 is 1.79 bits per heavy atom. The Hall–Kier alpha value is -3.60. The van der Waals surface area contributed by atoms with Gasteiger partial charge in [0, 0.05) is 6.08 Å². The molecule has 1 aliphatic rings. The van der Waals surface area contributed by atoms with Crippen molar-refractivity contribution in [1.82, 2.24) is 15.7 Å². The average molecular weight is 409 g/mol. The molecule has 0 spiro atoms. The number of hydrogen-bond donors (Lipinski definition) is 1. The number of nitrogens with one attached hydrogen (secondary N) is 1. The van der Waals surface area contributed by atoms with E-state index in [0.29, 0.717) is 5.56 Å². The summed E-state index contributed by atoms with van der Waals surface area (Å²) in [6.07, 6.45) is -2.73. The lowest BCUT2D eigenvalue weighted by molar-refractivity contribution is -0.274. The van der Waals surface area contributed by atoms with Crippen LogP contribution in [0.5, 0.6) is 11.5 Å². The molecule has 1 atom stereocenters. The molecule has 0 radical (unpaired) electrons. The molecule has 7 nitrogen and oxygen atoms in total. The van der Waals surface area contributed by atoms with E-state index in [2.05, 4.69) is 20.4 Å². The number of rotatable bonds is 5. The largest absolute Gasteiger partial charge is 0.573 e. The van der Waals surface area contributed by atoms with Crippen LogP contribution in [0.2, 0.25) is 0 Å². The molecule has 1 unspecified atom stereocenters. The van der Waals surface area contributed by atoms with Crippen molar-refractivity contribution in [3.63, 3.8) is 0 Å². The summed E-state index contributed by atoms with van der Waals surface area (Å²) in [6, 6.07) is 9.17. The molecule has 1 N–H and O–H groups in total. The van der Waals surface area contributed by atoms with Gasteiger partial charge in [-0.05, 0) is 35.9 Å². The van der Waals surface area contributed by atoms with Crippen molar-refractivity contribution in [2.75, 3.05) is 0 Å². The summed E-state index contributed by atoms with van der Waals surface area (Å²) in [7, 11) is 0. The Balaban J connectivity index is 1.46. The SMILES string of the molecule is Fc1ccc(OC2=CC(c3ccc(OC(F)(F)F)cc3)ON2)cc1-c1nnco1. The van der Waals surface area contributed by atoms with Gasteiger partial charge in [0.1, 0.15) is 23.4 Å². The zero-order valence-corrected chi connectivity index (χ0v) is 14.3. The summed E-state index contributed by atoms with van der Waals surface area (Å²) in [5.41, 5.74) is 3.19. The standard InChI is InChI=1S/C18H11F4N3O4/c19-14-6-5-12(7-13(14)17-24-23-9-26-17)27-16-8-15(29-25-16)10-1-3-11(4-2-10)28-18(20,21)22/h1-9,15,25H. The molecule has 1 aromatic heterocycles. The normalized spacial score (nSPS) is 16.3. The van der Waals surface area contributed by atoms with Crippen LogP contribution in [0.15, 0.2) is 65.2 Å². The van der Waals surface area contributed by atoms with Gasteiger partial charge in [0.05, 0.1) is 5.56 Å². The van der Waals surface area contributed by atoms with Gasteiger partial charge in [0.25, 0.3) is 5.89 Å². The molecule has 0 fully saturated rings. The van der Waals surface area contributed by atoms with E-state index in [0.717, 1.165) is 6.39 Å². The van der Waals surface area contributed by atoms with E-state index in [-0.39, 0.29) is 28.8 Å². The maximum absolute atomic E-state index is 13.9. The molecular weight excluding hydrogens is 398 g/mol. The lowest BCUT2D eigenvalue weighted by Crippen LogP contribution is -2.17. The number of hydroxylamine groups is 1. The van der Waals surface area contributed by atoms with Crippen molar-refractivity contribution in [3.05, 3.63) is 72.2 Å². The summed E-state index contributed by atoms with van der Waals surface area (Å²) < 4.78 is 65.0. The summed E-state index contributed by atoms with van der Waals surface area (Å²) in [6.45, 7) is 0. The summed E-state index contributed by atoms with van der Waals surface area (Å²) in [5.74, 6) is -0.417. The van der Waals surface area contributed by atoms with Gasteiger partial charge in [-0.3, -0.25) is 4.84 Å². The molecule has 0 saturated carbocycles. The second kappa shape index (κ2) is 7.43. The first-order chi connectivity index (χ1) is 13.9. The highest BCUT2D eigenvalue weighted by molar-refractivity contribution is 5.56. The molecule has 11 heteroatoms. The van der Waals surface area contributed by atoms with Crippen molar-refractivity contribution in [2.24, 2.45) is 0 Å². The topological polar surface area (TPSA) is 78.6 Å². The number of halogens is 4. The predicted molar refractivity (Wildman–Crippen MR) is 88.5 cm³/mol. The van der Waals surface area contributed by atoms with E-state index in [9.17, 15) is 17.6 Å². The molecule has 3 aromatic rings. The quantitative estimate of drug-likeness (QED) is 0.631. The molecule has 150 valence electrons. The third kappa shape index (κ3) is 4.46. The van der Waals surface area contributed by atoms with E-state index < -0.39 is 18.3 Å². The fraction of sp³-hybridized carbons (Fsp3) is 0.111. The molecule has 1 aliphatic heterocycles. The molecule has 4 rings (SSSR count). The Bertz CT molecular complexity index is 1020. The second-order valence-corrected chi connectivity index (χ2v) is 5.78. The highest BCUT2D eigenvalue weighted by Crippen LogP contribution is 2.30. The molecule has 0 amide bonds. The number of nitrogens with zero attached hydrogens (tertiary/aromatic N) is 2. The molecule has 2 heterocycles. The van der Waals surface area contributed by atoms with Crippen molar-refractivity contribution >= 4 is 0 Å². The van der Waals surface area contributed by atoms with E-state index in [1.165, 1.54) is 42.5 Å². The third-order valence-corrected chi connectivity index (χ3v) is 3.79. The van der Waals surface area contributed by atoms with Crippen LogP contribution >= 0.6 is 0 Å². The van der Waals surface area contributed by atoms with Crippen LogP contribution < -0.4 is 15.0 Å². The minimum absolute atomic E-state index is 0.00315. The van der Waals surface area contributed by atoms with E-state index in [1.807, 2.05) is 0 Å². The van der Waals surface area contributed by atoms with Crippen LogP contribution in [0.1, 0.15) is 11.7 Å². The zero-order valence-electron chi connectivity index (χ0n) is 14.3. The Morgan fingerprint density at radius 3 is 2.48 bits per heavy atom. The smallest absolute Gasteiger partial charge is 0.439 e. The lowest BCUT2D eigenvalue weighted by atomic mass is 10.1. The van der Waals surface area contributed by atoms with Crippen LogP contribution in [-0.4, -0.2) is 16.6 Å². The maximum Gasteiger partial charge on any atom is 0.573 e. The highest BCUT2D eigenvalue weighted by Gasteiger charge is 2.31. The minimum atomic E-state index is -4.76. The number of aromatic nitrogens is 2. The Morgan fingerprint density at radius 1 is 1.03 bits per heavy atom. The molecular formula is C18H11F4N3O4. The van der Waals surface area contributed by atoms with Gasteiger partial charge in [-0.2, -0.15) is 0 Å². The first-order valence-corrected chi connectivity index (χ1v) is 8.10. The number of benzene rings is 2. The van der Waals surface area contributed by atoms with Gasteiger partial charge in [-0.15, -0.1) is 23.4 Å². The van der Waals surface area contributed by atoms with Gasteiger partial charge < -0.3 is 13.9 Å². The van der Waals surface area contributed by atoms with Crippen LogP contribution in [0.25, 0.3) is 11.5 Å². The summed E-state index contributed by atoms with van der Waals surface area (Å²) in [4.78, 5) is 5.35. The van der Waals surface area contributed by atoms with Crippen LogP contribution in [0.4, 0.5) is 17.6 Å². The second-order valence-electron chi connectivity index (χ2n) is 5.78. The fourth-order valence-corrected chi connectivity index (χ4v) is 2.55. The fourth-order valence-electron chi connectivity index (χ4n) is 2.55. The molecule has 29 heavy (non-hydrogen) atoms. The number of ether oxygens (including phenoxy) is 2. The summed E-state index contributed by atoms with van der Waals surface area (Å²) >= 11 is 0. The lowest BCUT2D eigenvalue weighted by Gasteiger charge is -2.11. The number of hydrogen-bond acceptors (Lipinski definition) is 7. The van der Waals surface area contributed by atoms with E-state index in [1.54, 1.807) is 6.08 Å². The van der Waals surface area contributed by atoms with Gasteiger partial charge in [0.2, 0.25) is 12.3 Å². The van der Waals surface area contributed by atoms with Crippen molar-refractivity contribution in [2.45, 2.75) is 12.5 Å². The maximum atomic E-state index is 13.9. The van der Waals surface area contributed by atoms with E-state index >= 15 is 0 Å². The minimum Gasteiger partial charge on any atom is -0.439 e. The van der Waals surface area contributed by atoms with Gasteiger partial charge in [0.15, 0.2) is 0 Å². The van der Waals surface area contributed by atoms with Crippen molar-refractivity contribution < 1.29 is 36.3 Å². The van der Waals surface area contributed by atoms with Gasteiger partial charge in [-0.25, -0.2) is 9.87 Å². The number of alkyl halides is 3. The molecule has 0 saturated heterocycles. The zero-order chi connectivity index (χ0) is 20.4. The van der Waals surface area contributed by atoms with Crippen LogP contribution in [-0.2, 0) is 4.84 Å². The third-order valence-electron chi connectivity index (χ3n) is 3.79. The first kappa shape index (κ1) is 18.7. The van der Waals surface area contributed by atoms with Crippen LogP contribution in [0.3, 0.4) is 0 Å². The molecule has 0 aliphatic carbocycles. The highest BCUT2D eigenvalue weighted by atomic mass is 19.4. The predicted octanol–water partition coefficient (Wildman–Crippen LogP) is 4.27. The van der Waals surface area contributed by atoms with E-state index in [4.69, 9.17) is 14.0 Å². The van der Waals surface area contributed by atoms with Crippen molar-refractivity contribution in [3.8, 4) is 23.0 Å². The van der Waals surface area contributed by atoms with Crippen LogP contribution in [0, 0.1) is 5.82 Å². The van der Waals surface area contributed by atoms with Gasteiger partial charge >= 0.3 is 6.36 Å². The monoisotopic (exact) mass is 409 g/mol. The van der Waals surface area contributed by atoms with Gasteiger partial charge in [-0.1, -0.05) is 12.1 Å². The van der Waals surface area contributed by atoms with Crippen molar-refractivity contribution in [1.29, 1.82) is 0 Å². The average Bonchev–Trinajstić information content (AvgIpc) is 3.35. The first-order valence-electron chi connectivity index (χ1n) is 8.10.